The van der Waals surface area contributed by atoms with Gasteiger partial charge in [-0.15, -0.1) is 0 Å². The Balaban J connectivity index is 3.37. The number of nitriles is 1. The van der Waals surface area contributed by atoms with Crippen molar-refractivity contribution in [2.45, 2.75) is 13.8 Å². The molecule has 1 rings (SSSR count). The van der Waals surface area contributed by atoms with Gasteiger partial charge in [0.1, 0.15) is 6.07 Å². The third-order valence-corrected chi connectivity index (χ3v) is 2.40. The summed E-state index contributed by atoms with van der Waals surface area (Å²) in [5.41, 5.74) is 2.64. The van der Waals surface area contributed by atoms with Crippen LogP contribution in [0.4, 0.5) is 0 Å². The molecule has 0 amide bonds. The Morgan fingerprint density at radius 2 is 2.00 bits per heavy atom. The number of nitrogens with one attached hydrogen (secondary N) is 1. The molecule has 0 spiro atoms. The van der Waals surface area contributed by atoms with Crippen molar-refractivity contribution in [3.05, 3.63) is 21.4 Å². The molecule has 0 aromatic carbocycles. The minimum Gasteiger partial charge on any atom is -0.361 e. The summed E-state index contributed by atoms with van der Waals surface area (Å²) in [6.45, 7) is 3.81. The van der Waals surface area contributed by atoms with Crippen LogP contribution in [0.25, 0.3) is 0 Å². The molecule has 0 aliphatic heterocycles. The molecule has 0 aliphatic rings. The van der Waals surface area contributed by atoms with Crippen molar-refractivity contribution in [2.24, 2.45) is 0 Å². The number of H-pyrrole nitrogens is 1. The summed E-state index contributed by atoms with van der Waals surface area (Å²) in [5.74, 6) is 0. The van der Waals surface area contributed by atoms with Gasteiger partial charge < -0.3 is 4.98 Å². The van der Waals surface area contributed by atoms with E-state index < -0.39 is 0 Å². The lowest BCUT2D eigenvalue weighted by Crippen LogP contribution is -1.73. The van der Waals surface area contributed by atoms with Gasteiger partial charge >= 0.3 is 0 Å². The highest BCUT2D eigenvalue weighted by molar-refractivity contribution is 9.10. The van der Waals surface area contributed by atoms with Gasteiger partial charge in [-0.1, -0.05) is 0 Å². The van der Waals surface area contributed by atoms with E-state index in [0.29, 0.717) is 5.56 Å². The number of halogens is 1. The van der Waals surface area contributed by atoms with E-state index in [1.54, 1.807) is 0 Å². The van der Waals surface area contributed by atoms with Crippen LogP contribution in [0.2, 0.25) is 0 Å². The molecule has 2 nitrogen and oxygen atoms in total. The third-order valence-electron chi connectivity index (χ3n) is 1.41. The minimum absolute atomic E-state index is 0.706. The van der Waals surface area contributed by atoms with Gasteiger partial charge in [-0.05, 0) is 29.8 Å². The summed E-state index contributed by atoms with van der Waals surface area (Å²) < 4.78 is 0.882. The first-order chi connectivity index (χ1) is 4.66. The molecule has 1 aromatic heterocycles. The van der Waals surface area contributed by atoms with Crippen LogP contribution in [0.3, 0.4) is 0 Å². The predicted molar refractivity (Wildman–Crippen MR) is 42.7 cm³/mol. The van der Waals surface area contributed by atoms with Crippen molar-refractivity contribution >= 4 is 15.9 Å². The Morgan fingerprint density at radius 1 is 1.40 bits per heavy atom. The van der Waals surface area contributed by atoms with Gasteiger partial charge in [-0.25, -0.2) is 0 Å². The van der Waals surface area contributed by atoms with Crippen LogP contribution in [0, 0.1) is 25.2 Å². The Bertz CT molecular complexity index is 293. The number of hydrogen-bond donors (Lipinski definition) is 1. The van der Waals surface area contributed by atoms with Crippen LogP contribution in [-0.4, -0.2) is 4.98 Å². The molecule has 1 aromatic rings. The van der Waals surface area contributed by atoms with Crippen LogP contribution in [0.5, 0.6) is 0 Å². The zero-order valence-corrected chi connectivity index (χ0v) is 7.41. The zero-order chi connectivity index (χ0) is 7.72. The summed E-state index contributed by atoms with van der Waals surface area (Å²) in [6.07, 6.45) is 0. The molecule has 52 valence electrons. The molecule has 0 radical (unpaired) electrons. The Labute approximate surface area is 68.0 Å². The largest absolute Gasteiger partial charge is 0.361 e. The smallest absolute Gasteiger partial charge is 0.102 e. The minimum atomic E-state index is 0.706. The van der Waals surface area contributed by atoms with Gasteiger partial charge in [0.15, 0.2) is 0 Å². The maximum Gasteiger partial charge on any atom is 0.102 e. The molecular formula is C7H7BrN2. The molecule has 0 saturated carbocycles. The van der Waals surface area contributed by atoms with E-state index in [9.17, 15) is 0 Å². The second kappa shape index (κ2) is 2.47. The van der Waals surface area contributed by atoms with E-state index in [1.807, 2.05) is 13.8 Å². The quantitative estimate of drug-likeness (QED) is 0.683. The third kappa shape index (κ3) is 0.952. The van der Waals surface area contributed by atoms with Crippen LogP contribution in [0.15, 0.2) is 4.47 Å². The average Bonchev–Trinajstić information content (AvgIpc) is 2.09. The maximum absolute atomic E-state index is 8.61. The lowest BCUT2D eigenvalue weighted by Gasteiger charge is -1.83. The summed E-state index contributed by atoms with van der Waals surface area (Å²) >= 11 is 3.31. The monoisotopic (exact) mass is 198 g/mol. The lowest BCUT2D eigenvalue weighted by molar-refractivity contribution is 1.18. The first kappa shape index (κ1) is 7.36. The van der Waals surface area contributed by atoms with E-state index in [4.69, 9.17) is 5.26 Å². The number of rotatable bonds is 0. The molecule has 10 heavy (non-hydrogen) atoms. The molecular weight excluding hydrogens is 192 g/mol. The average molecular weight is 199 g/mol. The van der Waals surface area contributed by atoms with Crippen molar-refractivity contribution < 1.29 is 0 Å². The molecule has 0 fully saturated rings. The van der Waals surface area contributed by atoms with Crippen LogP contribution >= 0.6 is 15.9 Å². The Morgan fingerprint density at radius 3 is 2.20 bits per heavy atom. The number of aryl methyl sites for hydroxylation is 2. The highest BCUT2D eigenvalue weighted by Gasteiger charge is 2.07. The van der Waals surface area contributed by atoms with Gasteiger partial charge in [0.25, 0.3) is 0 Å². The molecule has 0 unspecified atom stereocenters. The number of aromatic amines is 1. The normalized spacial score (nSPS) is 9.40. The molecule has 0 atom stereocenters. The summed E-state index contributed by atoms with van der Waals surface area (Å²) in [7, 11) is 0. The second-order valence-electron chi connectivity index (χ2n) is 2.18. The van der Waals surface area contributed by atoms with E-state index in [2.05, 4.69) is 27.0 Å². The second-order valence-corrected chi connectivity index (χ2v) is 2.97. The molecule has 0 bridgehead atoms. The molecule has 1 heterocycles. The van der Waals surface area contributed by atoms with Gasteiger partial charge in [0, 0.05) is 11.4 Å². The number of aromatic nitrogens is 1. The Kier molecular flexibility index (Phi) is 1.82. The highest BCUT2D eigenvalue weighted by Crippen LogP contribution is 2.22. The fourth-order valence-electron chi connectivity index (χ4n) is 0.884. The van der Waals surface area contributed by atoms with Crippen molar-refractivity contribution in [3.8, 4) is 6.07 Å². The van der Waals surface area contributed by atoms with Crippen molar-refractivity contribution in [2.75, 3.05) is 0 Å². The molecule has 0 saturated heterocycles. The van der Waals surface area contributed by atoms with Crippen LogP contribution < -0.4 is 0 Å². The summed E-state index contributed by atoms with van der Waals surface area (Å²) in [4.78, 5) is 3.06. The molecule has 0 aliphatic carbocycles. The van der Waals surface area contributed by atoms with E-state index in [1.165, 1.54) is 0 Å². The standard InChI is InChI=1S/C7H7BrN2/c1-4-6(3-9)7(8)5(2)10-4/h10H,1-2H3. The van der Waals surface area contributed by atoms with Gasteiger partial charge in [-0.3, -0.25) is 0 Å². The van der Waals surface area contributed by atoms with Gasteiger partial charge in [0.2, 0.25) is 0 Å². The van der Waals surface area contributed by atoms with Gasteiger partial charge in [0.05, 0.1) is 10.0 Å². The first-order valence-corrected chi connectivity index (χ1v) is 3.71. The van der Waals surface area contributed by atoms with Crippen molar-refractivity contribution in [1.29, 1.82) is 5.26 Å². The van der Waals surface area contributed by atoms with E-state index in [-0.39, 0.29) is 0 Å². The maximum atomic E-state index is 8.61. The highest BCUT2D eigenvalue weighted by atomic mass is 79.9. The Hall–Kier alpha value is -0.750. The number of nitrogens with zero attached hydrogens (tertiary/aromatic N) is 1. The zero-order valence-electron chi connectivity index (χ0n) is 5.83. The fraction of sp³-hybridized carbons (Fsp3) is 0.286. The predicted octanol–water partition coefficient (Wildman–Crippen LogP) is 2.27. The van der Waals surface area contributed by atoms with Crippen molar-refractivity contribution in [1.82, 2.24) is 4.98 Å². The molecule has 3 heteroatoms. The number of hydrogen-bond acceptors (Lipinski definition) is 1. The molecule has 1 N–H and O–H groups in total. The topological polar surface area (TPSA) is 39.6 Å². The van der Waals surface area contributed by atoms with Crippen molar-refractivity contribution in [3.63, 3.8) is 0 Å². The summed E-state index contributed by atoms with van der Waals surface area (Å²) in [6, 6.07) is 2.11. The van der Waals surface area contributed by atoms with Crippen LogP contribution in [-0.2, 0) is 0 Å². The van der Waals surface area contributed by atoms with E-state index in [0.717, 1.165) is 15.9 Å². The summed E-state index contributed by atoms with van der Waals surface area (Å²) in [5, 5.41) is 8.61. The van der Waals surface area contributed by atoms with Crippen LogP contribution in [0.1, 0.15) is 17.0 Å². The SMILES string of the molecule is Cc1[nH]c(C)c(C#N)c1Br. The van der Waals surface area contributed by atoms with Gasteiger partial charge in [-0.2, -0.15) is 5.26 Å². The first-order valence-electron chi connectivity index (χ1n) is 2.91. The fourth-order valence-corrected chi connectivity index (χ4v) is 1.37. The lowest BCUT2D eigenvalue weighted by atomic mass is 10.3. The van der Waals surface area contributed by atoms with E-state index >= 15 is 0 Å².